The summed E-state index contributed by atoms with van der Waals surface area (Å²) in [6.45, 7) is 8.72. The van der Waals surface area contributed by atoms with Crippen LogP contribution in [0.3, 0.4) is 0 Å². The van der Waals surface area contributed by atoms with Gasteiger partial charge in [-0.1, -0.05) is 13.8 Å². The van der Waals surface area contributed by atoms with Crippen molar-refractivity contribution in [3.63, 3.8) is 0 Å². The quantitative estimate of drug-likeness (QED) is 0.920. The highest BCUT2D eigenvalue weighted by Gasteiger charge is 2.16. The van der Waals surface area contributed by atoms with Gasteiger partial charge in [-0.2, -0.15) is 5.10 Å². The highest BCUT2D eigenvalue weighted by molar-refractivity contribution is 6.05. The number of amides is 1. The number of nitrogens with one attached hydrogen (secondary N) is 1. The van der Waals surface area contributed by atoms with Gasteiger partial charge in [0.15, 0.2) is 0 Å². The number of rotatable bonds is 4. The average molecular weight is 261 g/mol. The van der Waals surface area contributed by atoms with Gasteiger partial charge in [0.1, 0.15) is 5.76 Å². The number of hydrogen-bond donors (Lipinski definition) is 1. The van der Waals surface area contributed by atoms with Crippen molar-refractivity contribution in [3.8, 4) is 0 Å². The van der Waals surface area contributed by atoms with E-state index in [0.29, 0.717) is 22.9 Å². The zero-order valence-electron chi connectivity index (χ0n) is 11.7. The molecule has 0 aliphatic rings. The lowest BCUT2D eigenvalue weighted by molar-refractivity contribution is 0.102. The predicted molar refractivity (Wildman–Crippen MR) is 73.2 cm³/mol. The first-order valence-corrected chi connectivity index (χ1v) is 6.36. The lowest BCUT2D eigenvalue weighted by Crippen LogP contribution is -2.13. The topological polar surface area (TPSA) is 60.1 Å². The molecular weight excluding hydrogens is 242 g/mol. The Morgan fingerprint density at radius 1 is 1.47 bits per heavy atom. The molecule has 2 aromatic rings. The Morgan fingerprint density at radius 2 is 2.21 bits per heavy atom. The maximum Gasteiger partial charge on any atom is 0.259 e. The van der Waals surface area contributed by atoms with Crippen LogP contribution in [0.4, 0.5) is 5.69 Å². The fourth-order valence-corrected chi connectivity index (χ4v) is 2.01. The largest absolute Gasteiger partial charge is 0.469 e. The van der Waals surface area contributed by atoms with E-state index in [9.17, 15) is 4.79 Å². The lowest BCUT2D eigenvalue weighted by Gasteiger charge is -2.04. The van der Waals surface area contributed by atoms with E-state index in [2.05, 4.69) is 24.3 Å². The molecule has 2 rings (SSSR count). The van der Waals surface area contributed by atoms with E-state index in [4.69, 9.17) is 4.42 Å². The van der Waals surface area contributed by atoms with E-state index >= 15 is 0 Å². The van der Waals surface area contributed by atoms with Gasteiger partial charge in [0.2, 0.25) is 0 Å². The lowest BCUT2D eigenvalue weighted by atomic mass is 10.1. The maximum absolute atomic E-state index is 12.1. The zero-order chi connectivity index (χ0) is 14.0. The molecule has 0 atom stereocenters. The van der Waals surface area contributed by atoms with Crippen molar-refractivity contribution in [1.82, 2.24) is 9.78 Å². The molecule has 0 bridgehead atoms. The van der Waals surface area contributed by atoms with Gasteiger partial charge in [-0.3, -0.25) is 9.48 Å². The Balaban J connectivity index is 2.09. The Morgan fingerprint density at radius 3 is 2.79 bits per heavy atom. The van der Waals surface area contributed by atoms with Gasteiger partial charge in [0.05, 0.1) is 23.7 Å². The smallest absolute Gasteiger partial charge is 0.259 e. The summed E-state index contributed by atoms with van der Waals surface area (Å²) in [6.07, 6.45) is 5.08. The van der Waals surface area contributed by atoms with Crippen LogP contribution < -0.4 is 5.32 Å². The van der Waals surface area contributed by atoms with Crippen LogP contribution in [0.2, 0.25) is 0 Å². The van der Waals surface area contributed by atoms with Crippen LogP contribution in [0.25, 0.3) is 0 Å². The minimum absolute atomic E-state index is 0.159. The molecule has 2 aromatic heterocycles. The molecule has 0 fully saturated rings. The van der Waals surface area contributed by atoms with Gasteiger partial charge >= 0.3 is 0 Å². The molecule has 0 unspecified atom stereocenters. The summed E-state index contributed by atoms with van der Waals surface area (Å²) in [7, 11) is 0. The third-order valence-electron chi connectivity index (χ3n) is 2.83. The molecule has 0 spiro atoms. The number of aryl methyl sites for hydroxylation is 2. The van der Waals surface area contributed by atoms with Crippen molar-refractivity contribution in [1.29, 1.82) is 0 Å². The molecule has 102 valence electrons. The van der Waals surface area contributed by atoms with Crippen LogP contribution >= 0.6 is 0 Å². The standard InChI is InChI=1S/C14H19N3O2/c1-9(2)6-17-7-12(5-15-17)16-14(18)13-10(3)8-19-11(13)4/h5,7-9H,6H2,1-4H3,(H,16,18). The summed E-state index contributed by atoms with van der Waals surface area (Å²) in [5.41, 5.74) is 2.13. The number of carbonyl (C=O) groups excluding carboxylic acids is 1. The fourth-order valence-electron chi connectivity index (χ4n) is 2.01. The van der Waals surface area contributed by atoms with Crippen molar-refractivity contribution in [2.45, 2.75) is 34.2 Å². The summed E-state index contributed by atoms with van der Waals surface area (Å²) in [5.74, 6) is 0.985. The number of furan rings is 1. The second kappa shape index (κ2) is 5.30. The van der Waals surface area contributed by atoms with E-state index in [1.807, 2.05) is 17.8 Å². The van der Waals surface area contributed by atoms with Crippen molar-refractivity contribution in [2.75, 3.05) is 5.32 Å². The first-order valence-electron chi connectivity index (χ1n) is 6.36. The first-order chi connectivity index (χ1) is 8.97. The Bertz CT molecular complexity index is 562. The van der Waals surface area contributed by atoms with Crippen LogP contribution in [0.5, 0.6) is 0 Å². The molecule has 5 nitrogen and oxygen atoms in total. The van der Waals surface area contributed by atoms with Gasteiger partial charge in [-0.05, 0) is 19.8 Å². The van der Waals surface area contributed by atoms with Crippen LogP contribution in [0.1, 0.15) is 35.5 Å². The van der Waals surface area contributed by atoms with Crippen LogP contribution in [0, 0.1) is 19.8 Å². The first kappa shape index (κ1) is 13.4. The van der Waals surface area contributed by atoms with Crippen molar-refractivity contribution in [2.24, 2.45) is 5.92 Å². The second-order valence-electron chi connectivity index (χ2n) is 5.15. The van der Waals surface area contributed by atoms with Crippen molar-refractivity contribution >= 4 is 11.6 Å². The van der Waals surface area contributed by atoms with E-state index in [1.165, 1.54) is 0 Å². The number of hydrogen-bond acceptors (Lipinski definition) is 3. The fraction of sp³-hybridized carbons (Fsp3) is 0.429. The van der Waals surface area contributed by atoms with Gasteiger partial charge in [-0.15, -0.1) is 0 Å². The highest BCUT2D eigenvalue weighted by Crippen LogP contribution is 2.17. The molecule has 0 radical (unpaired) electrons. The number of nitrogens with zero attached hydrogens (tertiary/aromatic N) is 2. The molecule has 1 amide bonds. The third kappa shape index (κ3) is 3.05. The maximum atomic E-state index is 12.1. The summed E-state index contributed by atoms with van der Waals surface area (Å²) in [5, 5.41) is 7.05. The van der Waals surface area contributed by atoms with E-state index in [0.717, 1.165) is 12.1 Å². The molecule has 0 aliphatic heterocycles. The minimum Gasteiger partial charge on any atom is -0.469 e. The zero-order valence-corrected chi connectivity index (χ0v) is 11.7. The molecule has 0 aliphatic carbocycles. The molecule has 19 heavy (non-hydrogen) atoms. The minimum atomic E-state index is -0.159. The third-order valence-corrected chi connectivity index (χ3v) is 2.83. The van der Waals surface area contributed by atoms with Gasteiger partial charge in [0, 0.05) is 18.3 Å². The highest BCUT2D eigenvalue weighted by atomic mass is 16.3. The monoisotopic (exact) mass is 261 g/mol. The summed E-state index contributed by atoms with van der Waals surface area (Å²) >= 11 is 0. The number of anilines is 1. The molecule has 0 saturated carbocycles. The summed E-state index contributed by atoms with van der Waals surface area (Å²) in [4.78, 5) is 12.1. The molecule has 0 aromatic carbocycles. The molecule has 1 N–H and O–H groups in total. The van der Waals surface area contributed by atoms with Crippen LogP contribution in [0.15, 0.2) is 23.1 Å². The van der Waals surface area contributed by atoms with Crippen LogP contribution in [-0.4, -0.2) is 15.7 Å². The van der Waals surface area contributed by atoms with Gasteiger partial charge < -0.3 is 9.73 Å². The Kier molecular flexibility index (Phi) is 3.74. The number of aromatic nitrogens is 2. The molecular formula is C14H19N3O2. The van der Waals surface area contributed by atoms with Crippen molar-refractivity contribution in [3.05, 3.63) is 35.5 Å². The normalized spacial score (nSPS) is 11.0. The summed E-state index contributed by atoms with van der Waals surface area (Å²) < 4.78 is 7.06. The summed E-state index contributed by atoms with van der Waals surface area (Å²) in [6, 6.07) is 0. The van der Waals surface area contributed by atoms with E-state index < -0.39 is 0 Å². The predicted octanol–water partition coefficient (Wildman–Crippen LogP) is 3.00. The van der Waals surface area contributed by atoms with Gasteiger partial charge in [-0.25, -0.2) is 0 Å². The van der Waals surface area contributed by atoms with E-state index in [1.54, 1.807) is 19.4 Å². The average Bonchev–Trinajstić information content (AvgIpc) is 2.85. The molecule has 5 heteroatoms. The molecule has 2 heterocycles. The second-order valence-corrected chi connectivity index (χ2v) is 5.15. The van der Waals surface area contributed by atoms with Crippen LogP contribution in [-0.2, 0) is 6.54 Å². The molecule has 0 saturated heterocycles. The SMILES string of the molecule is Cc1coc(C)c1C(=O)Nc1cnn(CC(C)C)c1. The van der Waals surface area contributed by atoms with Gasteiger partial charge in [0.25, 0.3) is 5.91 Å². The number of carbonyl (C=O) groups is 1. The van der Waals surface area contributed by atoms with E-state index in [-0.39, 0.29) is 5.91 Å². The Hall–Kier alpha value is -2.04. The Labute approximate surface area is 112 Å². The van der Waals surface area contributed by atoms with Crippen molar-refractivity contribution < 1.29 is 9.21 Å².